The summed E-state index contributed by atoms with van der Waals surface area (Å²) in [7, 11) is 3.61. The lowest BCUT2D eigenvalue weighted by molar-refractivity contribution is -0.122. The van der Waals surface area contributed by atoms with Crippen molar-refractivity contribution in [3.63, 3.8) is 0 Å². The highest BCUT2D eigenvalue weighted by molar-refractivity contribution is 5.85. The first kappa shape index (κ1) is 18.7. The topological polar surface area (TPSA) is 67.6 Å². The van der Waals surface area contributed by atoms with Crippen LogP contribution in [0.3, 0.4) is 0 Å². The van der Waals surface area contributed by atoms with Crippen molar-refractivity contribution in [2.75, 3.05) is 27.2 Å². The summed E-state index contributed by atoms with van der Waals surface area (Å²) in [4.78, 5) is 14.1. The Morgan fingerprint density at radius 1 is 1.45 bits per heavy atom. The normalized spacial score (nSPS) is 15.1. The first-order chi connectivity index (χ1) is 10.2. The van der Waals surface area contributed by atoms with Gasteiger partial charge in [0.2, 0.25) is 5.91 Å². The van der Waals surface area contributed by atoms with Crippen LogP contribution in [0, 0.1) is 5.92 Å². The van der Waals surface area contributed by atoms with Gasteiger partial charge in [-0.25, -0.2) is 0 Å². The van der Waals surface area contributed by atoms with Crippen molar-refractivity contribution in [2.24, 2.45) is 11.7 Å². The van der Waals surface area contributed by atoms with Gasteiger partial charge in [0, 0.05) is 24.7 Å². The number of ether oxygens (including phenoxy) is 1. The van der Waals surface area contributed by atoms with Crippen LogP contribution in [0.25, 0.3) is 0 Å². The zero-order chi connectivity index (χ0) is 15.2. The van der Waals surface area contributed by atoms with E-state index in [-0.39, 0.29) is 18.3 Å². The number of hydrogen-bond acceptors (Lipinski definition) is 4. The molecule has 5 nitrogen and oxygen atoms in total. The van der Waals surface area contributed by atoms with E-state index in [1.165, 1.54) is 12.8 Å². The molecule has 0 aromatic heterocycles. The number of halogens is 1. The molecule has 0 spiro atoms. The van der Waals surface area contributed by atoms with E-state index in [0.717, 1.165) is 11.3 Å². The van der Waals surface area contributed by atoms with Gasteiger partial charge in [-0.1, -0.05) is 18.2 Å². The number of likely N-dealkylation sites (N-methyl/N-ethyl adjacent to an activating group) is 1. The quantitative estimate of drug-likeness (QED) is 0.757. The van der Waals surface area contributed by atoms with E-state index in [2.05, 4.69) is 10.2 Å². The molecule has 2 rings (SSSR count). The van der Waals surface area contributed by atoms with Gasteiger partial charge in [-0.3, -0.25) is 9.69 Å². The highest BCUT2D eigenvalue weighted by Gasteiger charge is 2.33. The molecule has 1 atom stereocenters. The lowest BCUT2D eigenvalue weighted by atomic mass is 10.1. The van der Waals surface area contributed by atoms with Gasteiger partial charge in [0.1, 0.15) is 5.75 Å². The molecule has 1 fully saturated rings. The summed E-state index contributed by atoms with van der Waals surface area (Å²) in [6.45, 7) is 1.47. The number of nitrogens with two attached hydrogens (primary N) is 1. The van der Waals surface area contributed by atoms with Crippen LogP contribution in [0.15, 0.2) is 24.3 Å². The van der Waals surface area contributed by atoms with Crippen LogP contribution in [-0.2, 0) is 11.3 Å². The number of hydrogen-bond donors (Lipinski definition) is 2. The standard InChI is InChI=1S/C16H25N3O2.ClH/c1-19(14(9-17)12-7-8-12)11-16(20)18-10-13-5-3-4-6-15(13)21-2;/h3-6,12,14H,7-11,17H2,1-2H3,(H,18,20);1H. The number of benzene rings is 1. The van der Waals surface area contributed by atoms with Crippen LogP contribution in [0.2, 0.25) is 0 Å². The summed E-state index contributed by atoms with van der Waals surface area (Å²) in [5, 5.41) is 2.94. The zero-order valence-electron chi connectivity index (χ0n) is 13.2. The number of carbonyl (C=O) groups is 1. The maximum Gasteiger partial charge on any atom is 0.234 e. The minimum Gasteiger partial charge on any atom is -0.496 e. The summed E-state index contributed by atoms with van der Waals surface area (Å²) in [5.41, 5.74) is 6.78. The lowest BCUT2D eigenvalue weighted by Crippen LogP contribution is -2.44. The first-order valence-electron chi connectivity index (χ1n) is 7.44. The highest BCUT2D eigenvalue weighted by Crippen LogP contribution is 2.34. The van der Waals surface area contributed by atoms with Gasteiger partial charge in [0.05, 0.1) is 13.7 Å². The summed E-state index contributed by atoms with van der Waals surface area (Å²) < 4.78 is 5.28. The lowest BCUT2D eigenvalue weighted by Gasteiger charge is -2.26. The van der Waals surface area contributed by atoms with Gasteiger partial charge >= 0.3 is 0 Å². The van der Waals surface area contributed by atoms with Crippen LogP contribution in [0.5, 0.6) is 5.75 Å². The Kier molecular flexibility index (Phi) is 7.65. The predicted octanol–water partition coefficient (Wildman–Crippen LogP) is 1.40. The highest BCUT2D eigenvalue weighted by atomic mass is 35.5. The van der Waals surface area contributed by atoms with Crippen molar-refractivity contribution in [1.82, 2.24) is 10.2 Å². The number of carbonyl (C=O) groups excluding carboxylic acids is 1. The molecule has 3 N–H and O–H groups in total. The molecule has 22 heavy (non-hydrogen) atoms. The molecule has 124 valence electrons. The zero-order valence-corrected chi connectivity index (χ0v) is 14.1. The molecule has 0 saturated heterocycles. The Hall–Kier alpha value is -1.30. The number of amides is 1. The Morgan fingerprint density at radius 3 is 2.73 bits per heavy atom. The van der Waals surface area contributed by atoms with Gasteiger partial charge in [-0.05, 0) is 31.9 Å². The van der Waals surface area contributed by atoms with Crippen molar-refractivity contribution >= 4 is 18.3 Å². The van der Waals surface area contributed by atoms with E-state index in [9.17, 15) is 4.79 Å². The molecule has 1 saturated carbocycles. The molecular weight excluding hydrogens is 302 g/mol. The molecule has 0 bridgehead atoms. The summed E-state index contributed by atoms with van der Waals surface area (Å²) in [6, 6.07) is 8.02. The van der Waals surface area contributed by atoms with E-state index in [1.807, 2.05) is 31.3 Å². The molecule has 1 unspecified atom stereocenters. The fourth-order valence-corrected chi connectivity index (χ4v) is 2.66. The average Bonchev–Trinajstić information content (AvgIpc) is 3.31. The molecule has 0 radical (unpaired) electrons. The van der Waals surface area contributed by atoms with Gasteiger partial charge < -0.3 is 15.8 Å². The maximum atomic E-state index is 12.1. The summed E-state index contributed by atoms with van der Waals surface area (Å²) in [6.07, 6.45) is 2.46. The second-order valence-electron chi connectivity index (χ2n) is 5.64. The number of methoxy groups -OCH3 is 1. The van der Waals surface area contributed by atoms with E-state index < -0.39 is 0 Å². The number of nitrogens with one attached hydrogen (secondary N) is 1. The Labute approximate surface area is 138 Å². The van der Waals surface area contributed by atoms with E-state index in [4.69, 9.17) is 10.5 Å². The Balaban J connectivity index is 0.00000242. The van der Waals surface area contributed by atoms with E-state index in [1.54, 1.807) is 7.11 Å². The average molecular weight is 328 g/mol. The summed E-state index contributed by atoms with van der Waals surface area (Å²) >= 11 is 0. The Morgan fingerprint density at radius 2 is 2.14 bits per heavy atom. The van der Waals surface area contributed by atoms with Crippen LogP contribution in [0.4, 0.5) is 0 Å². The van der Waals surface area contributed by atoms with Crippen molar-refractivity contribution in [1.29, 1.82) is 0 Å². The number of nitrogens with zero attached hydrogens (tertiary/aromatic N) is 1. The third kappa shape index (κ3) is 5.16. The first-order valence-corrected chi connectivity index (χ1v) is 7.44. The molecule has 1 aromatic rings. The predicted molar refractivity (Wildman–Crippen MR) is 90.3 cm³/mol. The second-order valence-corrected chi connectivity index (χ2v) is 5.64. The third-order valence-corrected chi connectivity index (χ3v) is 4.04. The Bertz CT molecular complexity index is 480. The molecule has 6 heteroatoms. The maximum absolute atomic E-state index is 12.1. The molecule has 0 heterocycles. The largest absolute Gasteiger partial charge is 0.496 e. The van der Waals surface area contributed by atoms with Crippen molar-refractivity contribution in [3.8, 4) is 5.75 Å². The molecule has 0 aliphatic heterocycles. The molecule has 1 aromatic carbocycles. The van der Waals surface area contributed by atoms with Gasteiger partial charge in [0.25, 0.3) is 0 Å². The molecule has 1 aliphatic rings. The van der Waals surface area contributed by atoms with Crippen molar-refractivity contribution in [3.05, 3.63) is 29.8 Å². The monoisotopic (exact) mass is 327 g/mol. The van der Waals surface area contributed by atoms with Gasteiger partial charge in [-0.15, -0.1) is 12.4 Å². The minimum absolute atomic E-state index is 0. The molecular formula is C16H26ClN3O2. The number of para-hydroxylation sites is 1. The van der Waals surface area contributed by atoms with Gasteiger partial charge in [0.15, 0.2) is 0 Å². The second kappa shape index (κ2) is 8.98. The van der Waals surface area contributed by atoms with Gasteiger partial charge in [-0.2, -0.15) is 0 Å². The van der Waals surface area contributed by atoms with Crippen LogP contribution >= 0.6 is 12.4 Å². The molecule has 1 amide bonds. The van der Waals surface area contributed by atoms with Crippen LogP contribution in [0.1, 0.15) is 18.4 Å². The SMILES string of the molecule is COc1ccccc1CNC(=O)CN(C)C(CN)C1CC1.Cl. The van der Waals surface area contributed by atoms with Crippen molar-refractivity contribution < 1.29 is 9.53 Å². The third-order valence-electron chi connectivity index (χ3n) is 4.04. The smallest absolute Gasteiger partial charge is 0.234 e. The minimum atomic E-state index is 0. The number of rotatable bonds is 8. The van der Waals surface area contributed by atoms with E-state index in [0.29, 0.717) is 31.6 Å². The summed E-state index contributed by atoms with van der Waals surface area (Å²) in [5.74, 6) is 1.48. The van der Waals surface area contributed by atoms with Crippen LogP contribution < -0.4 is 15.8 Å². The fraction of sp³-hybridized carbons (Fsp3) is 0.562. The van der Waals surface area contributed by atoms with Crippen molar-refractivity contribution in [2.45, 2.75) is 25.4 Å². The van der Waals surface area contributed by atoms with Crippen LogP contribution in [-0.4, -0.2) is 44.1 Å². The molecule has 1 aliphatic carbocycles. The van der Waals surface area contributed by atoms with E-state index >= 15 is 0 Å². The fourth-order valence-electron chi connectivity index (χ4n) is 2.66.